The minimum atomic E-state index is 0.278. The second-order valence-corrected chi connectivity index (χ2v) is 4.22. The molecule has 0 saturated heterocycles. The standard InChI is InChI=1S/C13H17N5/c1-9(2)15-13-17-11(16-12(14-3)18-13)10-7-5-4-6-8-10/h4-9H,1-3H3,(H2,14,15,16,17,18). The predicted octanol–water partition coefficient (Wildman–Crippen LogP) is 2.40. The summed E-state index contributed by atoms with van der Waals surface area (Å²) in [5.41, 5.74) is 0.975. The Morgan fingerprint density at radius 2 is 1.61 bits per heavy atom. The van der Waals surface area contributed by atoms with Crippen LogP contribution in [0.4, 0.5) is 11.9 Å². The maximum absolute atomic E-state index is 4.42. The molecule has 2 N–H and O–H groups in total. The SMILES string of the molecule is CNc1nc(NC(C)C)nc(-c2ccccc2)n1. The smallest absolute Gasteiger partial charge is 0.228 e. The Hall–Kier alpha value is -2.17. The van der Waals surface area contributed by atoms with Crippen LogP contribution in [0.5, 0.6) is 0 Å². The summed E-state index contributed by atoms with van der Waals surface area (Å²) in [7, 11) is 1.79. The molecule has 1 aromatic carbocycles. The van der Waals surface area contributed by atoms with Gasteiger partial charge >= 0.3 is 0 Å². The molecule has 0 fully saturated rings. The molecule has 0 unspecified atom stereocenters. The fourth-order valence-electron chi connectivity index (χ4n) is 1.53. The first-order valence-corrected chi connectivity index (χ1v) is 5.95. The molecule has 94 valence electrons. The Labute approximate surface area is 107 Å². The molecule has 1 heterocycles. The molecule has 0 amide bonds. The minimum Gasteiger partial charge on any atom is -0.357 e. The van der Waals surface area contributed by atoms with Crippen molar-refractivity contribution in [3.05, 3.63) is 30.3 Å². The van der Waals surface area contributed by atoms with Crippen LogP contribution in [0.2, 0.25) is 0 Å². The summed E-state index contributed by atoms with van der Waals surface area (Å²) < 4.78 is 0. The highest BCUT2D eigenvalue weighted by molar-refractivity contribution is 5.57. The molecule has 0 spiro atoms. The first-order valence-electron chi connectivity index (χ1n) is 5.95. The highest BCUT2D eigenvalue weighted by atomic mass is 15.2. The Bertz CT molecular complexity index is 510. The Morgan fingerprint density at radius 3 is 2.22 bits per heavy atom. The zero-order chi connectivity index (χ0) is 13.0. The number of aromatic nitrogens is 3. The maximum Gasteiger partial charge on any atom is 0.228 e. The molecular formula is C13H17N5. The van der Waals surface area contributed by atoms with Crippen molar-refractivity contribution in [3.63, 3.8) is 0 Å². The first kappa shape index (κ1) is 12.3. The highest BCUT2D eigenvalue weighted by Crippen LogP contribution is 2.17. The molecule has 2 aromatic rings. The fraction of sp³-hybridized carbons (Fsp3) is 0.308. The van der Waals surface area contributed by atoms with E-state index in [0.717, 1.165) is 5.56 Å². The van der Waals surface area contributed by atoms with Gasteiger partial charge in [0.2, 0.25) is 11.9 Å². The molecule has 5 heteroatoms. The average Bonchev–Trinajstić information content (AvgIpc) is 2.38. The van der Waals surface area contributed by atoms with Gasteiger partial charge in [0.05, 0.1) is 0 Å². The second-order valence-electron chi connectivity index (χ2n) is 4.22. The van der Waals surface area contributed by atoms with E-state index < -0.39 is 0 Å². The van der Waals surface area contributed by atoms with Gasteiger partial charge in [-0.1, -0.05) is 30.3 Å². The fourth-order valence-corrected chi connectivity index (χ4v) is 1.53. The zero-order valence-corrected chi connectivity index (χ0v) is 10.8. The summed E-state index contributed by atoms with van der Waals surface area (Å²) in [6.45, 7) is 4.09. The topological polar surface area (TPSA) is 62.7 Å². The number of rotatable bonds is 4. The van der Waals surface area contributed by atoms with E-state index in [1.54, 1.807) is 7.05 Å². The van der Waals surface area contributed by atoms with Crippen LogP contribution in [-0.2, 0) is 0 Å². The van der Waals surface area contributed by atoms with Crippen molar-refractivity contribution in [2.24, 2.45) is 0 Å². The van der Waals surface area contributed by atoms with Crippen molar-refractivity contribution < 1.29 is 0 Å². The monoisotopic (exact) mass is 243 g/mol. The van der Waals surface area contributed by atoms with Gasteiger partial charge in [-0.25, -0.2) is 0 Å². The van der Waals surface area contributed by atoms with Crippen LogP contribution in [0.3, 0.4) is 0 Å². The first-order chi connectivity index (χ1) is 8.69. The van der Waals surface area contributed by atoms with Gasteiger partial charge in [0.1, 0.15) is 0 Å². The largest absolute Gasteiger partial charge is 0.357 e. The number of anilines is 2. The van der Waals surface area contributed by atoms with Crippen molar-refractivity contribution in [1.29, 1.82) is 0 Å². The predicted molar refractivity (Wildman–Crippen MR) is 73.6 cm³/mol. The summed E-state index contributed by atoms with van der Waals surface area (Å²) in [5.74, 6) is 1.81. The van der Waals surface area contributed by atoms with E-state index in [2.05, 4.69) is 25.6 Å². The van der Waals surface area contributed by atoms with Crippen LogP contribution in [0.1, 0.15) is 13.8 Å². The molecule has 0 aliphatic heterocycles. The summed E-state index contributed by atoms with van der Waals surface area (Å²) in [6, 6.07) is 10.1. The molecule has 2 rings (SSSR count). The van der Waals surface area contributed by atoms with Crippen molar-refractivity contribution >= 4 is 11.9 Å². The van der Waals surface area contributed by atoms with E-state index in [9.17, 15) is 0 Å². The number of nitrogens with zero attached hydrogens (tertiary/aromatic N) is 3. The third-order valence-corrected chi connectivity index (χ3v) is 2.31. The average molecular weight is 243 g/mol. The van der Waals surface area contributed by atoms with Gasteiger partial charge in [-0.05, 0) is 13.8 Å². The third-order valence-electron chi connectivity index (χ3n) is 2.31. The van der Waals surface area contributed by atoms with Gasteiger partial charge in [0, 0.05) is 18.7 Å². The molecule has 0 aliphatic rings. The number of nitrogens with one attached hydrogen (secondary N) is 2. The lowest BCUT2D eigenvalue weighted by Gasteiger charge is -2.10. The van der Waals surface area contributed by atoms with Crippen molar-refractivity contribution in [2.75, 3.05) is 17.7 Å². The van der Waals surface area contributed by atoms with E-state index in [-0.39, 0.29) is 6.04 Å². The van der Waals surface area contributed by atoms with E-state index in [1.165, 1.54) is 0 Å². The highest BCUT2D eigenvalue weighted by Gasteiger charge is 2.07. The molecule has 0 radical (unpaired) electrons. The quantitative estimate of drug-likeness (QED) is 0.863. The van der Waals surface area contributed by atoms with Crippen molar-refractivity contribution in [2.45, 2.75) is 19.9 Å². The lowest BCUT2D eigenvalue weighted by molar-refractivity contribution is 0.869. The summed E-state index contributed by atoms with van der Waals surface area (Å²) in [5, 5.41) is 6.14. The van der Waals surface area contributed by atoms with E-state index >= 15 is 0 Å². The lowest BCUT2D eigenvalue weighted by Crippen LogP contribution is -2.14. The van der Waals surface area contributed by atoms with E-state index in [0.29, 0.717) is 17.7 Å². The summed E-state index contributed by atoms with van der Waals surface area (Å²) in [4.78, 5) is 13.0. The number of hydrogen-bond acceptors (Lipinski definition) is 5. The Balaban J connectivity index is 2.41. The third kappa shape index (κ3) is 2.94. The normalized spacial score (nSPS) is 10.4. The molecule has 0 saturated carbocycles. The molecule has 5 nitrogen and oxygen atoms in total. The van der Waals surface area contributed by atoms with Gasteiger partial charge in [-0.2, -0.15) is 15.0 Å². The van der Waals surface area contributed by atoms with Gasteiger partial charge in [0.15, 0.2) is 5.82 Å². The molecule has 1 aromatic heterocycles. The summed E-state index contributed by atoms with van der Waals surface area (Å²) >= 11 is 0. The van der Waals surface area contributed by atoms with Crippen LogP contribution in [0, 0.1) is 0 Å². The lowest BCUT2D eigenvalue weighted by atomic mass is 10.2. The maximum atomic E-state index is 4.42. The second kappa shape index (κ2) is 5.44. The van der Waals surface area contributed by atoms with Crippen LogP contribution < -0.4 is 10.6 Å². The molecule has 0 bridgehead atoms. The van der Waals surface area contributed by atoms with Crippen molar-refractivity contribution in [1.82, 2.24) is 15.0 Å². The number of hydrogen-bond donors (Lipinski definition) is 2. The van der Waals surface area contributed by atoms with Gasteiger partial charge in [0.25, 0.3) is 0 Å². The van der Waals surface area contributed by atoms with Crippen LogP contribution in [0.25, 0.3) is 11.4 Å². The zero-order valence-electron chi connectivity index (χ0n) is 10.8. The van der Waals surface area contributed by atoms with E-state index in [1.807, 2.05) is 44.2 Å². The molecule has 0 atom stereocenters. The Kier molecular flexibility index (Phi) is 3.72. The van der Waals surface area contributed by atoms with Crippen molar-refractivity contribution in [3.8, 4) is 11.4 Å². The van der Waals surface area contributed by atoms with Crippen LogP contribution in [-0.4, -0.2) is 28.0 Å². The molecular weight excluding hydrogens is 226 g/mol. The summed E-state index contributed by atoms with van der Waals surface area (Å²) in [6.07, 6.45) is 0. The van der Waals surface area contributed by atoms with Gasteiger partial charge in [-0.3, -0.25) is 0 Å². The number of benzene rings is 1. The molecule has 18 heavy (non-hydrogen) atoms. The Morgan fingerprint density at radius 1 is 0.944 bits per heavy atom. The van der Waals surface area contributed by atoms with E-state index in [4.69, 9.17) is 0 Å². The minimum absolute atomic E-state index is 0.278. The van der Waals surface area contributed by atoms with Gasteiger partial charge in [-0.15, -0.1) is 0 Å². The van der Waals surface area contributed by atoms with Crippen LogP contribution in [0.15, 0.2) is 30.3 Å². The van der Waals surface area contributed by atoms with Crippen LogP contribution >= 0.6 is 0 Å². The molecule has 0 aliphatic carbocycles. The van der Waals surface area contributed by atoms with Gasteiger partial charge < -0.3 is 10.6 Å².